The van der Waals surface area contributed by atoms with Gasteiger partial charge in [0.25, 0.3) is 0 Å². The maximum Gasteiger partial charge on any atom is 0.246 e. The minimum absolute atomic E-state index is 0.187. The second kappa shape index (κ2) is 8.03. The van der Waals surface area contributed by atoms with Crippen LogP contribution in [0.4, 0.5) is 0 Å². The average Bonchev–Trinajstić information content (AvgIpc) is 2.47. The lowest BCUT2D eigenvalue weighted by molar-refractivity contribution is 0.375. The van der Waals surface area contributed by atoms with Gasteiger partial charge in [-0.3, -0.25) is 0 Å². The van der Waals surface area contributed by atoms with E-state index in [4.69, 9.17) is 0 Å². The maximum atomic E-state index is 4.35. The molecule has 0 aliphatic rings. The monoisotopic (exact) mass is 283 g/mol. The van der Waals surface area contributed by atoms with Gasteiger partial charge in [0.2, 0.25) is 10.5 Å². The van der Waals surface area contributed by atoms with Gasteiger partial charge in [0.1, 0.15) is 0 Å². The van der Waals surface area contributed by atoms with Crippen LogP contribution in [-0.2, 0) is 9.84 Å². The molecule has 0 saturated heterocycles. The van der Waals surface area contributed by atoms with Crippen molar-refractivity contribution in [3.63, 3.8) is 0 Å². The van der Waals surface area contributed by atoms with Crippen LogP contribution in [0, 0.1) is 0 Å². The predicted molar refractivity (Wildman–Crippen MR) is 88.0 cm³/mol. The first-order valence-corrected chi connectivity index (χ1v) is 7.35. The van der Waals surface area contributed by atoms with Gasteiger partial charge in [0.05, 0.1) is 0 Å². The lowest BCUT2D eigenvalue weighted by Crippen LogP contribution is -2.12. The molecule has 0 spiro atoms. The molecular weight excluding hydrogens is 260 g/mol. The Balaban J connectivity index is 0.000000444. The van der Waals surface area contributed by atoms with E-state index in [0.717, 1.165) is 6.61 Å². The molecule has 0 aliphatic heterocycles. The molecular formula is C18H23OSi. The van der Waals surface area contributed by atoms with Gasteiger partial charge in [-0.1, -0.05) is 75.4 Å². The van der Waals surface area contributed by atoms with Gasteiger partial charge in [0, 0.05) is 6.61 Å². The Bertz CT molecular complexity index is 498. The number of hydrogen-bond acceptors (Lipinski definition) is 1. The molecule has 0 aliphatic carbocycles. The van der Waals surface area contributed by atoms with Crippen molar-refractivity contribution < 1.29 is 4.43 Å². The SMILES string of the molecule is CC(C)(C)c1ccccc1-c1ccccc1.CCO[Si]. The van der Waals surface area contributed by atoms with E-state index < -0.39 is 0 Å². The molecule has 3 radical (unpaired) electrons. The summed E-state index contributed by atoms with van der Waals surface area (Å²) < 4.78 is 4.35. The lowest BCUT2D eigenvalue weighted by Gasteiger charge is -2.23. The van der Waals surface area contributed by atoms with Crippen LogP contribution < -0.4 is 0 Å². The fourth-order valence-electron chi connectivity index (χ4n) is 2.01. The predicted octanol–water partition coefficient (Wildman–Crippen LogP) is 4.76. The van der Waals surface area contributed by atoms with E-state index in [1.54, 1.807) is 0 Å². The summed E-state index contributed by atoms with van der Waals surface area (Å²) in [4.78, 5) is 0. The van der Waals surface area contributed by atoms with Crippen molar-refractivity contribution in [2.24, 2.45) is 0 Å². The van der Waals surface area contributed by atoms with Crippen LogP contribution in [0.2, 0.25) is 0 Å². The topological polar surface area (TPSA) is 9.23 Å². The summed E-state index contributed by atoms with van der Waals surface area (Å²) in [6, 6.07) is 19.2. The molecule has 20 heavy (non-hydrogen) atoms. The van der Waals surface area contributed by atoms with Crippen LogP contribution in [0.15, 0.2) is 54.6 Å². The fourth-order valence-corrected chi connectivity index (χ4v) is 2.01. The van der Waals surface area contributed by atoms with E-state index in [-0.39, 0.29) is 5.41 Å². The zero-order chi connectivity index (χ0) is 15.0. The highest BCUT2D eigenvalue weighted by atomic mass is 28.2. The number of hydrogen-bond donors (Lipinski definition) is 0. The zero-order valence-electron chi connectivity index (χ0n) is 12.8. The molecule has 2 aromatic rings. The van der Waals surface area contributed by atoms with E-state index in [2.05, 4.69) is 90.3 Å². The van der Waals surface area contributed by atoms with Crippen LogP contribution >= 0.6 is 0 Å². The van der Waals surface area contributed by atoms with Crippen LogP contribution in [0.5, 0.6) is 0 Å². The third kappa shape index (κ3) is 4.95. The molecule has 0 amide bonds. The average molecular weight is 283 g/mol. The summed E-state index contributed by atoms with van der Waals surface area (Å²) in [6.07, 6.45) is 0. The van der Waals surface area contributed by atoms with E-state index in [1.165, 1.54) is 16.7 Å². The van der Waals surface area contributed by atoms with Crippen LogP contribution in [0.3, 0.4) is 0 Å². The summed E-state index contributed by atoms with van der Waals surface area (Å²) in [7, 11) is 2.79. The highest BCUT2D eigenvalue weighted by Crippen LogP contribution is 2.32. The van der Waals surface area contributed by atoms with Gasteiger partial charge < -0.3 is 4.43 Å². The Morgan fingerprint density at radius 2 is 1.40 bits per heavy atom. The van der Waals surface area contributed by atoms with E-state index in [0.29, 0.717) is 0 Å². The molecule has 0 unspecified atom stereocenters. The van der Waals surface area contributed by atoms with Crippen molar-refractivity contribution >= 4 is 10.5 Å². The standard InChI is InChI=1S/C16H18.C2H5OSi/c1-16(2,3)15-12-8-7-11-14(15)13-9-5-4-6-10-13;1-2-3-4/h4-12H,1-3H3;2H2,1H3. The molecule has 0 heterocycles. The quantitative estimate of drug-likeness (QED) is 0.722. The van der Waals surface area contributed by atoms with E-state index >= 15 is 0 Å². The fraction of sp³-hybridized carbons (Fsp3) is 0.333. The minimum atomic E-state index is 0.187. The van der Waals surface area contributed by atoms with Crippen molar-refractivity contribution in [3.8, 4) is 11.1 Å². The third-order valence-corrected chi connectivity index (χ3v) is 3.25. The first-order chi connectivity index (χ1) is 9.50. The molecule has 0 atom stereocenters. The first kappa shape index (κ1) is 16.7. The van der Waals surface area contributed by atoms with Crippen molar-refractivity contribution in [1.82, 2.24) is 0 Å². The molecule has 2 aromatic carbocycles. The molecule has 0 saturated carbocycles. The Morgan fingerprint density at radius 1 is 0.900 bits per heavy atom. The van der Waals surface area contributed by atoms with Crippen LogP contribution in [0.25, 0.3) is 11.1 Å². The van der Waals surface area contributed by atoms with Gasteiger partial charge >= 0.3 is 0 Å². The number of benzene rings is 2. The zero-order valence-corrected chi connectivity index (χ0v) is 13.8. The molecule has 0 fully saturated rings. The minimum Gasteiger partial charge on any atom is -0.419 e. The van der Waals surface area contributed by atoms with E-state index in [9.17, 15) is 0 Å². The summed E-state index contributed by atoms with van der Waals surface area (Å²) in [5.41, 5.74) is 4.23. The second-order valence-electron chi connectivity index (χ2n) is 5.59. The smallest absolute Gasteiger partial charge is 0.246 e. The highest BCUT2D eigenvalue weighted by Gasteiger charge is 2.17. The summed E-state index contributed by atoms with van der Waals surface area (Å²) in [6.45, 7) is 9.42. The van der Waals surface area contributed by atoms with Crippen LogP contribution in [-0.4, -0.2) is 17.1 Å². The van der Waals surface area contributed by atoms with Crippen molar-refractivity contribution in [1.29, 1.82) is 0 Å². The van der Waals surface area contributed by atoms with Gasteiger partial charge in [-0.25, -0.2) is 0 Å². The molecule has 2 rings (SSSR count). The summed E-state index contributed by atoms with van der Waals surface area (Å²) in [5.74, 6) is 0. The van der Waals surface area contributed by atoms with Crippen molar-refractivity contribution in [2.45, 2.75) is 33.1 Å². The Kier molecular flexibility index (Phi) is 6.69. The molecule has 2 heteroatoms. The summed E-state index contributed by atoms with van der Waals surface area (Å²) >= 11 is 0. The molecule has 105 valence electrons. The van der Waals surface area contributed by atoms with Gasteiger partial charge in [-0.05, 0) is 29.0 Å². The Hall–Kier alpha value is -1.38. The Morgan fingerprint density at radius 3 is 1.90 bits per heavy atom. The van der Waals surface area contributed by atoms with E-state index in [1.807, 2.05) is 6.92 Å². The van der Waals surface area contributed by atoms with Gasteiger partial charge in [0.15, 0.2) is 0 Å². The highest BCUT2D eigenvalue weighted by molar-refractivity contribution is 5.97. The van der Waals surface area contributed by atoms with Crippen molar-refractivity contribution in [3.05, 3.63) is 60.2 Å². The second-order valence-corrected chi connectivity index (χ2v) is 5.88. The van der Waals surface area contributed by atoms with Crippen molar-refractivity contribution in [2.75, 3.05) is 6.61 Å². The summed E-state index contributed by atoms with van der Waals surface area (Å²) in [5, 5.41) is 0. The number of rotatable bonds is 2. The first-order valence-electron chi connectivity index (χ1n) is 6.94. The third-order valence-electron chi connectivity index (χ3n) is 2.96. The normalized spacial score (nSPS) is 10.7. The lowest BCUT2D eigenvalue weighted by atomic mass is 9.82. The van der Waals surface area contributed by atoms with Gasteiger partial charge in [-0.2, -0.15) is 0 Å². The Labute approximate surface area is 126 Å². The molecule has 0 N–H and O–H groups in total. The molecule has 0 aromatic heterocycles. The maximum absolute atomic E-state index is 4.35. The van der Waals surface area contributed by atoms with Gasteiger partial charge in [-0.15, -0.1) is 0 Å². The van der Waals surface area contributed by atoms with Crippen LogP contribution in [0.1, 0.15) is 33.3 Å². The molecule has 1 nitrogen and oxygen atoms in total. The largest absolute Gasteiger partial charge is 0.419 e. The molecule has 0 bridgehead atoms.